The van der Waals surface area contributed by atoms with Crippen LogP contribution in [-0.2, 0) is 13.6 Å². The first-order valence-corrected chi connectivity index (χ1v) is 7.44. The molecule has 0 aliphatic heterocycles. The Hall–Kier alpha value is -0.760. The molecule has 1 aliphatic rings. The Morgan fingerprint density at radius 3 is 2.50 bits per heavy atom. The molecule has 102 valence electrons. The maximum absolute atomic E-state index is 3.74. The molecule has 0 bridgehead atoms. The van der Waals surface area contributed by atoms with Gasteiger partial charge in [0.25, 0.3) is 0 Å². The van der Waals surface area contributed by atoms with E-state index in [0.717, 1.165) is 12.5 Å². The lowest BCUT2D eigenvalue weighted by Gasteiger charge is -2.28. The summed E-state index contributed by atoms with van der Waals surface area (Å²) in [5.41, 5.74) is 4.21. The van der Waals surface area contributed by atoms with Gasteiger partial charge in [-0.15, -0.1) is 0 Å². The van der Waals surface area contributed by atoms with E-state index >= 15 is 0 Å². The third-order valence-electron chi connectivity index (χ3n) is 4.85. The first-order chi connectivity index (χ1) is 8.59. The van der Waals surface area contributed by atoms with Gasteiger partial charge in [-0.25, -0.2) is 0 Å². The van der Waals surface area contributed by atoms with Gasteiger partial charge in [-0.05, 0) is 51.2 Å². The van der Waals surface area contributed by atoms with Crippen LogP contribution < -0.4 is 5.32 Å². The van der Waals surface area contributed by atoms with Crippen LogP contribution in [-0.4, -0.2) is 10.6 Å². The smallest absolute Gasteiger partial charge is 0.0225 e. The van der Waals surface area contributed by atoms with Gasteiger partial charge in [-0.2, -0.15) is 0 Å². The lowest BCUT2D eigenvalue weighted by molar-refractivity contribution is 0.280. The minimum atomic E-state index is 0.658. The Labute approximate surface area is 112 Å². The van der Waals surface area contributed by atoms with Gasteiger partial charge in [0.2, 0.25) is 0 Å². The monoisotopic (exact) mass is 248 g/mol. The van der Waals surface area contributed by atoms with Crippen molar-refractivity contribution in [1.82, 2.24) is 9.88 Å². The molecule has 2 heteroatoms. The number of aryl methyl sites for hydroxylation is 1. The van der Waals surface area contributed by atoms with E-state index in [1.807, 2.05) is 0 Å². The molecule has 1 atom stereocenters. The Balaban J connectivity index is 1.88. The molecule has 1 N–H and O–H groups in total. The molecule has 1 aromatic rings. The molecular formula is C16H28N2. The average Bonchev–Trinajstić information content (AvgIpc) is 2.64. The Morgan fingerprint density at radius 1 is 1.28 bits per heavy atom. The van der Waals surface area contributed by atoms with Crippen LogP contribution in [0.15, 0.2) is 6.07 Å². The van der Waals surface area contributed by atoms with Crippen LogP contribution in [0.25, 0.3) is 0 Å². The largest absolute Gasteiger partial charge is 0.352 e. The highest BCUT2D eigenvalue weighted by molar-refractivity contribution is 5.26. The zero-order chi connectivity index (χ0) is 13.1. The van der Waals surface area contributed by atoms with Crippen LogP contribution in [0.5, 0.6) is 0 Å². The van der Waals surface area contributed by atoms with Crippen molar-refractivity contribution in [3.8, 4) is 0 Å². The molecule has 18 heavy (non-hydrogen) atoms. The third kappa shape index (κ3) is 2.97. The minimum absolute atomic E-state index is 0.658. The van der Waals surface area contributed by atoms with Crippen LogP contribution in [0.4, 0.5) is 0 Å². The van der Waals surface area contributed by atoms with E-state index in [0.29, 0.717) is 6.04 Å². The first-order valence-electron chi connectivity index (χ1n) is 7.44. The minimum Gasteiger partial charge on any atom is -0.352 e. The fourth-order valence-corrected chi connectivity index (χ4v) is 3.18. The standard InChI is InChI=1S/C16H28N2/c1-12-10-16(14(3)18(12)4)11-17-13(2)15-8-6-5-7-9-15/h10,13,15,17H,5-9,11H2,1-4H3. The molecule has 2 nitrogen and oxygen atoms in total. The molecule has 0 saturated heterocycles. The number of aromatic nitrogens is 1. The number of rotatable bonds is 4. The zero-order valence-electron chi connectivity index (χ0n) is 12.4. The van der Waals surface area contributed by atoms with Gasteiger partial charge < -0.3 is 9.88 Å². The van der Waals surface area contributed by atoms with Crippen molar-refractivity contribution >= 4 is 0 Å². The summed E-state index contributed by atoms with van der Waals surface area (Å²) in [7, 11) is 2.15. The molecular weight excluding hydrogens is 220 g/mol. The Kier molecular flexibility index (Phi) is 4.50. The van der Waals surface area contributed by atoms with Crippen LogP contribution in [0.2, 0.25) is 0 Å². The van der Waals surface area contributed by atoms with Gasteiger partial charge in [-0.3, -0.25) is 0 Å². The topological polar surface area (TPSA) is 17.0 Å². The van der Waals surface area contributed by atoms with Crippen molar-refractivity contribution in [2.24, 2.45) is 13.0 Å². The summed E-state index contributed by atoms with van der Waals surface area (Å²) in [5.74, 6) is 0.892. The van der Waals surface area contributed by atoms with E-state index in [1.165, 1.54) is 49.1 Å². The molecule has 1 aliphatic carbocycles. The highest BCUT2D eigenvalue weighted by Crippen LogP contribution is 2.26. The summed E-state index contributed by atoms with van der Waals surface area (Å²) < 4.78 is 2.28. The fraction of sp³-hybridized carbons (Fsp3) is 0.750. The lowest BCUT2D eigenvalue weighted by atomic mass is 9.84. The molecule has 1 aromatic heterocycles. The first kappa shape index (κ1) is 13.7. The van der Waals surface area contributed by atoms with Crippen molar-refractivity contribution in [3.63, 3.8) is 0 Å². The molecule has 2 rings (SSSR count). The molecule has 0 amide bonds. The summed E-state index contributed by atoms with van der Waals surface area (Å²) >= 11 is 0. The van der Waals surface area contributed by atoms with E-state index < -0.39 is 0 Å². The maximum atomic E-state index is 3.74. The molecule has 1 saturated carbocycles. The van der Waals surface area contributed by atoms with Gasteiger partial charge in [0.05, 0.1) is 0 Å². The third-order valence-corrected chi connectivity index (χ3v) is 4.85. The number of nitrogens with one attached hydrogen (secondary N) is 1. The summed E-state index contributed by atoms with van der Waals surface area (Å²) in [6, 6.07) is 2.97. The van der Waals surface area contributed by atoms with Gasteiger partial charge in [0.1, 0.15) is 0 Å². The quantitative estimate of drug-likeness (QED) is 0.859. The molecule has 1 heterocycles. The van der Waals surface area contributed by atoms with Crippen molar-refractivity contribution < 1.29 is 0 Å². The van der Waals surface area contributed by atoms with Gasteiger partial charge in [0, 0.05) is 31.0 Å². The average molecular weight is 248 g/mol. The van der Waals surface area contributed by atoms with Crippen molar-refractivity contribution in [1.29, 1.82) is 0 Å². The van der Waals surface area contributed by atoms with Gasteiger partial charge in [-0.1, -0.05) is 19.3 Å². The Bertz CT molecular complexity index is 386. The lowest BCUT2D eigenvalue weighted by Crippen LogP contribution is -2.34. The van der Waals surface area contributed by atoms with Crippen LogP contribution in [0.1, 0.15) is 56.0 Å². The second kappa shape index (κ2) is 5.92. The van der Waals surface area contributed by atoms with Crippen molar-refractivity contribution in [3.05, 3.63) is 23.0 Å². The highest BCUT2D eigenvalue weighted by Gasteiger charge is 2.19. The predicted molar refractivity (Wildman–Crippen MR) is 77.8 cm³/mol. The van der Waals surface area contributed by atoms with Gasteiger partial charge >= 0.3 is 0 Å². The summed E-state index contributed by atoms with van der Waals surface area (Å²) in [4.78, 5) is 0. The second-order valence-electron chi connectivity index (χ2n) is 6.02. The van der Waals surface area contributed by atoms with E-state index in [4.69, 9.17) is 0 Å². The number of hydrogen-bond acceptors (Lipinski definition) is 1. The molecule has 1 fully saturated rings. The van der Waals surface area contributed by atoms with Crippen molar-refractivity contribution in [2.75, 3.05) is 0 Å². The molecule has 0 aromatic carbocycles. The summed E-state index contributed by atoms with van der Waals surface area (Å²) in [6.07, 6.45) is 7.14. The zero-order valence-corrected chi connectivity index (χ0v) is 12.4. The molecule has 0 radical (unpaired) electrons. The fourth-order valence-electron chi connectivity index (χ4n) is 3.18. The highest BCUT2D eigenvalue weighted by atomic mass is 15.0. The van der Waals surface area contributed by atoms with Crippen LogP contribution in [0, 0.1) is 19.8 Å². The second-order valence-corrected chi connectivity index (χ2v) is 6.02. The molecule has 1 unspecified atom stereocenters. The van der Waals surface area contributed by atoms with E-state index in [2.05, 4.69) is 43.8 Å². The van der Waals surface area contributed by atoms with E-state index in [1.54, 1.807) is 0 Å². The normalized spacial score (nSPS) is 19.1. The number of hydrogen-bond donors (Lipinski definition) is 1. The number of nitrogens with zero attached hydrogens (tertiary/aromatic N) is 1. The SMILES string of the molecule is Cc1cc(CNC(C)C2CCCCC2)c(C)n1C. The van der Waals surface area contributed by atoms with E-state index in [9.17, 15) is 0 Å². The van der Waals surface area contributed by atoms with Crippen molar-refractivity contribution in [2.45, 2.75) is 65.5 Å². The van der Waals surface area contributed by atoms with Crippen LogP contribution in [0.3, 0.4) is 0 Å². The molecule has 0 spiro atoms. The van der Waals surface area contributed by atoms with Crippen LogP contribution >= 0.6 is 0 Å². The predicted octanol–water partition coefficient (Wildman–Crippen LogP) is 3.70. The summed E-state index contributed by atoms with van der Waals surface area (Å²) in [6.45, 7) is 7.78. The van der Waals surface area contributed by atoms with Gasteiger partial charge in [0.15, 0.2) is 0 Å². The Morgan fingerprint density at radius 2 is 1.94 bits per heavy atom. The maximum Gasteiger partial charge on any atom is 0.0225 e. The van der Waals surface area contributed by atoms with E-state index in [-0.39, 0.29) is 0 Å². The summed E-state index contributed by atoms with van der Waals surface area (Å²) in [5, 5.41) is 3.74.